The zero-order valence-corrected chi connectivity index (χ0v) is 17.8. The number of nitrogens with one attached hydrogen (secondary N) is 1. The Morgan fingerprint density at radius 2 is 1.92 bits per heavy atom. The second-order valence-electron chi connectivity index (χ2n) is 5.25. The normalized spacial score (nSPS) is 10.8. The first-order valence-electron chi connectivity index (χ1n) is 7.61. The Hall–Kier alpha value is -1.88. The Labute approximate surface area is 170 Å². The van der Waals surface area contributed by atoms with Crippen LogP contribution in [0.2, 0.25) is 0 Å². The molecule has 1 N–H and O–H groups in total. The Kier molecular flexibility index (Phi) is 7.64. The van der Waals surface area contributed by atoms with Crippen molar-refractivity contribution in [3.63, 3.8) is 0 Å². The van der Waals surface area contributed by atoms with Crippen molar-refractivity contribution in [2.24, 2.45) is 5.10 Å². The number of halogens is 1. The van der Waals surface area contributed by atoms with Gasteiger partial charge in [-0.2, -0.15) is 5.10 Å². The van der Waals surface area contributed by atoms with Gasteiger partial charge in [-0.25, -0.2) is 15.4 Å². The molecule has 0 spiro atoms. The quantitative estimate of drug-likeness (QED) is 0.213. The Balaban J connectivity index is 1.93. The molecule has 0 unspecified atom stereocenters. The SMILES string of the molecule is COc1cc(/C=N\NC(=O)CSc2nc(C)cc(C)n2)cc(I)c1OC. The molecule has 7 nitrogen and oxygen atoms in total. The highest BCUT2D eigenvalue weighted by Gasteiger charge is 2.10. The van der Waals surface area contributed by atoms with E-state index in [-0.39, 0.29) is 11.7 Å². The number of hydrogen-bond donors (Lipinski definition) is 1. The van der Waals surface area contributed by atoms with Gasteiger partial charge in [-0.05, 0) is 60.2 Å². The van der Waals surface area contributed by atoms with E-state index in [4.69, 9.17) is 9.47 Å². The number of aromatic nitrogens is 2. The number of rotatable bonds is 7. The molecule has 0 aliphatic heterocycles. The Bertz CT molecular complexity index is 810. The lowest BCUT2D eigenvalue weighted by atomic mass is 10.2. The monoisotopic (exact) mass is 486 g/mol. The van der Waals surface area contributed by atoms with Gasteiger partial charge in [0, 0.05) is 11.4 Å². The first-order valence-corrected chi connectivity index (χ1v) is 9.68. The summed E-state index contributed by atoms with van der Waals surface area (Å²) in [5.74, 6) is 1.22. The fourth-order valence-corrected chi connectivity index (χ4v) is 3.70. The fourth-order valence-electron chi connectivity index (χ4n) is 2.11. The third kappa shape index (κ3) is 5.84. The maximum atomic E-state index is 11.9. The van der Waals surface area contributed by atoms with Crippen LogP contribution in [0.25, 0.3) is 0 Å². The minimum atomic E-state index is -0.232. The van der Waals surface area contributed by atoms with Crippen molar-refractivity contribution in [2.75, 3.05) is 20.0 Å². The molecule has 0 bridgehead atoms. The molecule has 1 aromatic heterocycles. The molecule has 0 aliphatic rings. The smallest absolute Gasteiger partial charge is 0.250 e. The van der Waals surface area contributed by atoms with Gasteiger partial charge in [0.05, 0.1) is 29.8 Å². The van der Waals surface area contributed by atoms with Gasteiger partial charge in [0.15, 0.2) is 16.7 Å². The number of thioether (sulfide) groups is 1. The van der Waals surface area contributed by atoms with Crippen LogP contribution in [0.15, 0.2) is 28.5 Å². The number of methoxy groups -OCH3 is 2. The van der Waals surface area contributed by atoms with Gasteiger partial charge in [-0.15, -0.1) is 0 Å². The second kappa shape index (κ2) is 9.72. The second-order valence-corrected chi connectivity index (χ2v) is 7.36. The van der Waals surface area contributed by atoms with Crippen LogP contribution in [0.3, 0.4) is 0 Å². The molecule has 26 heavy (non-hydrogen) atoms. The maximum Gasteiger partial charge on any atom is 0.250 e. The predicted molar refractivity (Wildman–Crippen MR) is 110 cm³/mol. The van der Waals surface area contributed by atoms with E-state index in [1.807, 2.05) is 26.0 Å². The highest BCUT2D eigenvalue weighted by atomic mass is 127. The molecule has 0 atom stereocenters. The molecule has 2 aromatic rings. The van der Waals surface area contributed by atoms with Gasteiger partial charge < -0.3 is 9.47 Å². The topological polar surface area (TPSA) is 85.7 Å². The van der Waals surface area contributed by atoms with Crippen molar-refractivity contribution in [1.82, 2.24) is 15.4 Å². The van der Waals surface area contributed by atoms with Crippen LogP contribution < -0.4 is 14.9 Å². The molecule has 1 amide bonds. The zero-order chi connectivity index (χ0) is 19.1. The molecule has 138 valence electrons. The first kappa shape index (κ1) is 20.4. The minimum Gasteiger partial charge on any atom is -0.493 e. The fraction of sp³-hybridized carbons (Fsp3) is 0.294. The number of benzene rings is 1. The molecular formula is C17H19IN4O3S. The van der Waals surface area contributed by atoms with Crippen molar-refractivity contribution in [3.8, 4) is 11.5 Å². The van der Waals surface area contributed by atoms with Crippen molar-refractivity contribution in [2.45, 2.75) is 19.0 Å². The number of aryl methyl sites for hydroxylation is 2. The van der Waals surface area contributed by atoms with Gasteiger partial charge in [0.1, 0.15) is 0 Å². The summed E-state index contributed by atoms with van der Waals surface area (Å²) in [5, 5.41) is 4.56. The Morgan fingerprint density at radius 3 is 2.54 bits per heavy atom. The van der Waals surface area contributed by atoms with Crippen LogP contribution >= 0.6 is 34.4 Å². The first-order chi connectivity index (χ1) is 12.4. The lowest BCUT2D eigenvalue weighted by Gasteiger charge is -2.10. The van der Waals surface area contributed by atoms with Crippen molar-refractivity contribution >= 4 is 46.5 Å². The highest BCUT2D eigenvalue weighted by molar-refractivity contribution is 14.1. The molecule has 0 saturated carbocycles. The lowest BCUT2D eigenvalue weighted by Crippen LogP contribution is -2.19. The largest absolute Gasteiger partial charge is 0.493 e. The van der Waals surface area contributed by atoms with E-state index in [0.29, 0.717) is 16.7 Å². The number of carbonyl (C=O) groups is 1. The number of hydrazone groups is 1. The van der Waals surface area contributed by atoms with Crippen LogP contribution in [0.1, 0.15) is 17.0 Å². The molecule has 1 heterocycles. The van der Waals surface area contributed by atoms with Gasteiger partial charge in [-0.1, -0.05) is 11.8 Å². The van der Waals surface area contributed by atoms with Crippen LogP contribution in [-0.4, -0.2) is 42.1 Å². The standard InChI is InChI=1S/C17H19IN4O3S/c1-10-5-11(2)21-17(20-10)26-9-15(23)22-19-8-12-6-13(18)16(25-4)14(7-12)24-3/h5-8H,9H2,1-4H3,(H,22,23)/b19-8-. The summed E-state index contributed by atoms with van der Waals surface area (Å²) >= 11 is 3.42. The van der Waals surface area contributed by atoms with Gasteiger partial charge in [0.2, 0.25) is 0 Å². The van der Waals surface area contributed by atoms with E-state index in [1.54, 1.807) is 26.5 Å². The minimum absolute atomic E-state index is 0.184. The van der Waals surface area contributed by atoms with E-state index < -0.39 is 0 Å². The molecule has 9 heteroatoms. The van der Waals surface area contributed by atoms with Crippen LogP contribution in [0, 0.1) is 17.4 Å². The number of amides is 1. The molecule has 1 aromatic carbocycles. The third-order valence-corrected chi connectivity index (χ3v) is 4.80. The molecule has 0 aliphatic carbocycles. The van der Waals surface area contributed by atoms with E-state index >= 15 is 0 Å². The van der Waals surface area contributed by atoms with Crippen LogP contribution in [0.5, 0.6) is 11.5 Å². The Morgan fingerprint density at radius 1 is 1.23 bits per heavy atom. The average Bonchev–Trinajstić information content (AvgIpc) is 2.58. The van der Waals surface area contributed by atoms with Crippen molar-refractivity contribution < 1.29 is 14.3 Å². The maximum absolute atomic E-state index is 11.9. The average molecular weight is 486 g/mol. The van der Waals surface area contributed by atoms with E-state index in [0.717, 1.165) is 20.5 Å². The molecule has 2 rings (SSSR count). The van der Waals surface area contributed by atoms with Crippen LogP contribution in [0.4, 0.5) is 0 Å². The summed E-state index contributed by atoms with van der Waals surface area (Å²) in [5.41, 5.74) is 5.04. The lowest BCUT2D eigenvalue weighted by molar-refractivity contribution is -0.118. The van der Waals surface area contributed by atoms with Gasteiger partial charge in [0.25, 0.3) is 5.91 Å². The van der Waals surface area contributed by atoms with E-state index in [9.17, 15) is 4.79 Å². The molecule has 0 radical (unpaired) electrons. The van der Waals surface area contributed by atoms with E-state index in [2.05, 4.69) is 43.1 Å². The highest BCUT2D eigenvalue weighted by Crippen LogP contribution is 2.32. The summed E-state index contributed by atoms with van der Waals surface area (Å²) in [6.07, 6.45) is 1.56. The molecular weight excluding hydrogens is 467 g/mol. The molecule has 0 fully saturated rings. The van der Waals surface area contributed by atoms with Crippen LogP contribution in [-0.2, 0) is 4.79 Å². The number of carbonyl (C=O) groups excluding carboxylic acids is 1. The summed E-state index contributed by atoms with van der Waals surface area (Å²) in [6, 6.07) is 5.56. The predicted octanol–water partition coefficient (Wildman–Crippen LogP) is 2.96. The van der Waals surface area contributed by atoms with Gasteiger partial charge in [-0.3, -0.25) is 4.79 Å². The summed E-state index contributed by atoms with van der Waals surface area (Å²) in [4.78, 5) is 20.5. The number of hydrogen-bond acceptors (Lipinski definition) is 7. The number of nitrogens with zero attached hydrogens (tertiary/aromatic N) is 3. The molecule has 0 saturated heterocycles. The summed E-state index contributed by atoms with van der Waals surface area (Å²) in [7, 11) is 3.16. The zero-order valence-electron chi connectivity index (χ0n) is 14.9. The summed E-state index contributed by atoms with van der Waals surface area (Å²) in [6.45, 7) is 3.79. The third-order valence-electron chi connectivity index (χ3n) is 3.15. The van der Waals surface area contributed by atoms with Gasteiger partial charge >= 0.3 is 0 Å². The van der Waals surface area contributed by atoms with E-state index in [1.165, 1.54) is 11.8 Å². The number of ether oxygens (including phenoxy) is 2. The van der Waals surface area contributed by atoms with Crippen molar-refractivity contribution in [1.29, 1.82) is 0 Å². The summed E-state index contributed by atoms with van der Waals surface area (Å²) < 4.78 is 11.5. The van der Waals surface area contributed by atoms with Crippen molar-refractivity contribution in [3.05, 3.63) is 38.7 Å².